The Labute approximate surface area is 165 Å². The van der Waals surface area contributed by atoms with Crippen molar-refractivity contribution in [3.8, 4) is 0 Å². The van der Waals surface area contributed by atoms with Crippen molar-refractivity contribution >= 4 is 46.8 Å². The standard InChI is InChI=1S/C17H10ClF3N2O4S/c18-11-4-3-8(6-10(11)17(19,20)21)23-13(24)7-12(15(23)25)28-14-9(16(26)27)2-1-5-22-14/h1-6,12H,7H2,(H,26,27)/t12-/m1/s1. The van der Waals surface area contributed by atoms with Crippen LogP contribution in [0.15, 0.2) is 41.6 Å². The van der Waals surface area contributed by atoms with Gasteiger partial charge in [0.05, 0.1) is 27.1 Å². The second-order valence-electron chi connectivity index (χ2n) is 5.70. The summed E-state index contributed by atoms with van der Waals surface area (Å²) in [6.45, 7) is 0. The van der Waals surface area contributed by atoms with Crippen molar-refractivity contribution in [1.29, 1.82) is 0 Å². The predicted octanol–water partition coefficient (Wildman–Crippen LogP) is 3.88. The Morgan fingerprint density at radius 1 is 1.29 bits per heavy atom. The van der Waals surface area contributed by atoms with Gasteiger partial charge < -0.3 is 5.11 Å². The predicted molar refractivity (Wildman–Crippen MR) is 94.4 cm³/mol. The molecular weight excluding hydrogens is 421 g/mol. The van der Waals surface area contributed by atoms with Crippen LogP contribution < -0.4 is 4.90 Å². The highest BCUT2D eigenvalue weighted by Gasteiger charge is 2.42. The zero-order chi connectivity index (χ0) is 20.6. The Hall–Kier alpha value is -2.59. The molecule has 28 heavy (non-hydrogen) atoms. The van der Waals surface area contributed by atoms with E-state index in [1.54, 1.807) is 0 Å². The number of hydrogen-bond donors (Lipinski definition) is 1. The van der Waals surface area contributed by atoms with Crippen molar-refractivity contribution in [2.75, 3.05) is 4.90 Å². The van der Waals surface area contributed by atoms with Crippen LogP contribution in [0.25, 0.3) is 0 Å². The number of halogens is 4. The molecule has 1 aromatic carbocycles. The first-order chi connectivity index (χ1) is 13.1. The molecule has 0 bridgehead atoms. The summed E-state index contributed by atoms with van der Waals surface area (Å²) in [6.07, 6.45) is -3.72. The molecule has 0 aliphatic carbocycles. The first-order valence-electron chi connectivity index (χ1n) is 7.68. The Bertz CT molecular complexity index is 983. The molecule has 0 unspecified atom stereocenters. The summed E-state index contributed by atoms with van der Waals surface area (Å²) in [6, 6.07) is 5.44. The first-order valence-corrected chi connectivity index (χ1v) is 8.94. The summed E-state index contributed by atoms with van der Waals surface area (Å²) in [5.74, 6) is -2.71. The van der Waals surface area contributed by atoms with E-state index in [1.165, 1.54) is 18.3 Å². The van der Waals surface area contributed by atoms with Gasteiger partial charge in [-0.15, -0.1) is 0 Å². The van der Waals surface area contributed by atoms with E-state index in [9.17, 15) is 32.7 Å². The number of aromatic nitrogens is 1. The number of carboxylic acid groups (broad SMARTS) is 1. The Balaban J connectivity index is 1.90. The highest BCUT2D eigenvalue weighted by atomic mass is 35.5. The summed E-state index contributed by atoms with van der Waals surface area (Å²) in [5, 5.41) is 7.66. The molecule has 11 heteroatoms. The number of alkyl halides is 3. The number of pyridine rings is 1. The number of carbonyl (C=O) groups is 3. The second-order valence-corrected chi connectivity index (χ2v) is 7.30. The van der Waals surface area contributed by atoms with E-state index >= 15 is 0 Å². The number of imide groups is 1. The van der Waals surface area contributed by atoms with Crippen molar-refractivity contribution in [3.63, 3.8) is 0 Å². The van der Waals surface area contributed by atoms with E-state index in [1.807, 2.05) is 0 Å². The van der Waals surface area contributed by atoms with Gasteiger partial charge in [0.25, 0.3) is 0 Å². The molecule has 3 rings (SSSR count). The smallest absolute Gasteiger partial charge is 0.417 e. The molecule has 2 amide bonds. The van der Waals surface area contributed by atoms with Crippen LogP contribution in [0.2, 0.25) is 5.02 Å². The number of benzene rings is 1. The summed E-state index contributed by atoms with van der Waals surface area (Å²) >= 11 is 6.34. The lowest BCUT2D eigenvalue weighted by molar-refractivity contribution is -0.137. The molecule has 1 aromatic heterocycles. The molecule has 1 aliphatic heterocycles. The average Bonchev–Trinajstić information content (AvgIpc) is 2.88. The van der Waals surface area contributed by atoms with Crippen LogP contribution in [0, 0.1) is 0 Å². The molecule has 0 spiro atoms. The van der Waals surface area contributed by atoms with Gasteiger partial charge in [-0.25, -0.2) is 14.7 Å². The van der Waals surface area contributed by atoms with Gasteiger partial charge in [-0.3, -0.25) is 9.59 Å². The third-order valence-corrected chi connectivity index (χ3v) is 5.41. The van der Waals surface area contributed by atoms with Crippen molar-refractivity contribution in [2.24, 2.45) is 0 Å². The molecule has 0 radical (unpaired) electrons. The molecule has 2 aromatic rings. The van der Waals surface area contributed by atoms with Gasteiger partial charge in [-0.2, -0.15) is 13.2 Å². The molecule has 1 N–H and O–H groups in total. The second kappa shape index (κ2) is 7.44. The number of carbonyl (C=O) groups excluding carboxylic acids is 2. The number of nitrogens with zero attached hydrogens (tertiary/aromatic N) is 2. The summed E-state index contributed by atoms with van der Waals surface area (Å²) in [4.78, 5) is 40.7. The lowest BCUT2D eigenvalue weighted by atomic mass is 10.2. The SMILES string of the molecule is O=C(O)c1cccnc1S[C@@H]1CC(=O)N(c2ccc(Cl)c(C(F)(F)F)c2)C1=O. The van der Waals surface area contributed by atoms with Crippen LogP contribution in [-0.4, -0.2) is 33.1 Å². The monoisotopic (exact) mass is 430 g/mol. The highest BCUT2D eigenvalue weighted by molar-refractivity contribution is 8.00. The van der Waals surface area contributed by atoms with Crippen LogP contribution in [-0.2, 0) is 15.8 Å². The maximum atomic E-state index is 13.1. The van der Waals surface area contributed by atoms with Crippen molar-refractivity contribution in [3.05, 3.63) is 52.7 Å². The van der Waals surface area contributed by atoms with Crippen molar-refractivity contribution in [1.82, 2.24) is 4.98 Å². The zero-order valence-corrected chi connectivity index (χ0v) is 15.3. The average molecular weight is 431 g/mol. The van der Waals surface area contributed by atoms with E-state index in [4.69, 9.17) is 11.6 Å². The van der Waals surface area contributed by atoms with Crippen molar-refractivity contribution < 1.29 is 32.7 Å². The number of rotatable bonds is 4. The Kier molecular flexibility index (Phi) is 5.35. The van der Waals surface area contributed by atoms with Gasteiger partial charge in [-0.1, -0.05) is 23.4 Å². The summed E-state index contributed by atoms with van der Waals surface area (Å²) < 4.78 is 39.2. The maximum Gasteiger partial charge on any atom is 0.417 e. The highest BCUT2D eigenvalue weighted by Crippen LogP contribution is 2.39. The molecule has 146 valence electrons. The number of amides is 2. The fourth-order valence-corrected chi connectivity index (χ4v) is 3.95. The molecule has 0 saturated carbocycles. The first kappa shape index (κ1) is 20.2. The third kappa shape index (κ3) is 3.83. The Morgan fingerprint density at radius 2 is 2.00 bits per heavy atom. The van der Waals surface area contributed by atoms with Gasteiger partial charge in [0.15, 0.2) is 0 Å². The molecule has 1 saturated heterocycles. The maximum absolute atomic E-state index is 13.1. The number of carboxylic acids is 1. The Morgan fingerprint density at radius 3 is 2.64 bits per heavy atom. The van der Waals surface area contributed by atoms with Crippen molar-refractivity contribution in [2.45, 2.75) is 22.9 Å². The van der Waals surface area contributed by atoms with Crippen LogP contribution in [0.4, 0.5) is 18.9 Å². The number of anilines is 1. The van der Waals surface area contributed by atoms with E-state index in [0.717, 1.165) is 23.9 Å². The van der Waals surface area contributed by atoms with Gasteiger partial charge >= 0.3 is 12.1 Å². The number of thioether (sulfide) groups is 1. The fraction of sp³-hybridized carbons (Fsp3) is 0.176. The lowest BCUT2D eigenvalue weighted by Crippen LogP contribution is -2.31. The molecule has 1 fully saturated rings. The lowest BCUT2D eigenvalue weighted by Gasteiger charge is -2.17. The quantitative estimate of drug-likeness (QED) is 0.741. The number of aromatic carboxylic acids is 1. The minimum Gasteiger partial charge on any atom is -0.478 e. The van der Waals surface area contributed by atoms with Gasteiger partial charge in [-0.05, 0) is 30.3 Å². The van der Waals surface area contributed by atoms with Crippen LogP contribution >= 0.6 is 23.4 Å². The summed E-state index contributed by atoms with van der Waals surface area (Å²) in [7, 11) is 0. The van der Waals surface area contributed by atoms with Gasteiger partial charge in [0, 0.05) is 12.6 Å². The molecule has 2 heterocycles. The van der Waals surface area contributed by atoms with E-state index in [2.05, 4.69) is 4.98 Å². The largest absolute Gasteiger partial charge is 0.478 e. The van der Waals surface area contributed by atoms with Gasteiger partial charge in [0.1, 0.15) is 5.03 Å². The molecule has 6 nitrogen and oxygen atoms in total. The van der Waals surface area contributed by atoms with E-state index in [-0.39, 0.29) is 22.7 Å². The molecular formula is C17H10ClF3N2O4S. The van der Waals surface area contributed by atoms with Crippen LogP contribution in [0.1, 0.15) is 22.3 Å². The van der Waals surface area contributed by atoms with Gasteiger partial charge in [0.2, 0.25) is 11.8 Å². The topological polar surface area (TPSA) is 87.6 Å². The third-order valence-electron chi connectivity index (χ3n) is 3.87. The number of hydrogen-bond acceptors (Lipinski definition) is 5. The van der Waals surface area contributed by atoms with Crippen LogP contribution in [0.5, 0.6) is 0 Å². The fourth-order valence-electron chi connectivity index (χ4n) is 2.62. The normalized spacial score (nSPS) is 17.3. The summed E-state index contributed by atoms with van der Waals surface area (Å²) in [5.41, 5.74) is -1.56. The minimum absolute atomic E-state index is 0.0371. The zero-order valence-electron chi connectivity index (χ0n) is 13.7. The van der Waals surface area contributed by atoms with Crippen LogP contribution in [0.3, 0.4) is 0 Å². The van der Waals surface area contributed by atoms with E-state index in [0.29, 0.717) is 11.0 Å². The molecule has 1 aliphatic rings. The minimum atomic E-state index is -4.75. The van der Waals surface area contributed by atoms with E-state index < -0.39 is 39.8 Å². The molecule has 1 atom stereocenters.